The van der Waals surface area contributed by atoms with Crippen molar-refractivity contribution in [2.45, 2.75) is 12.6 Å². The second kappa shape index (κ2) is 6.73. The van der Waals surface area contributed by atoms with Crippen molar-refractivity contribution < 1.29 is 4.74 Å². The van der Waals surface area contributed by atoms with Crippen molar-refractivity contribution in [3.05, 3.63) is 78.4 Å². The van der Waals surface area contributed by atoms with Gasteiger partial charge >= 0.3 is 0 Å². The first-order valence-electron chi connectivity index (χ1n) is 6.19. The summed E-state index contributed by atoms with van der Waals surface area (Å²) in [4.78, 5) is 0. The minimum Gasteiger partial charge on any atom is -0.489 e. The van der Waals surface area contributed by atoms with Crippen LogP contribution in [0.3, 0.4) is 0 Å². The smallest absolute Gasteiger partial charge is 0.120 e. The highest BCUT2D eigenvalue weighted by atomic mass is 16.5. The van der Waals surface area contributed by atoms with Gasteiger partial charge in [-0.1, -0.05) is 48.5 Å². The molecular formula is C16H18N2O. The molecule has 0 bridgehead atoms. The second-order valence-electron chi connectivity index (χ2n) is 4.23. The molecule has 0 saturated carbocycles. The van der Waals surface area contributed by atoms with E-state index in [1.54, 1.807) is 6.08 Å². The van der Waals surface area contributed by atoms with Gasteiger partial charge in [-0.15, -0.1) is 6.58 Å². The molecule has 0 spiro atoms. The molecule has 98 valence electrons. The van der Waals surface area contributed by atoms with Gasteiger partial charge in [0.25, 0.3) is 0 Å². The van der Waals surface area contributed by atoms with E-state index < -0.39 is 0 Å². The van der Waals surface area contributed by atoms with E-state index in [-0.39, 0.29) is 6.04 Å². The minimum atomic E-state index is -0.0692. The van der Waals surface area contributed by atoms with Crippen molar-refractivity contribution in [3.8, 4) is 5.75 Å². The van der Waals surface area contributed by atoms with E-state index in [2.05, 4.69) is 12.0 Å². The molecule has 3 N–H and O–H groups in total. The third-order valence-corrected chi connectivity index (χ3v) is 2.88. The molecule has 0 saturated heterocycles. The van der Waals surface area contributed by atoms with E-state index in [0.29, 0.717) is 6.61 Å². The SMILES string of the molecule is C=CC(NN)c1cccc(OCc2ccccc2)c1. The molecule has 0 aromatic heterocycles. The van der Waals surface area contributed by atoms with Crippen LogP contribution in [0.1, 0.15) is 17.2 Å². The predicted octanol–water partition coefficient (Wildman–Crippen LogP) is 2.96. The summed E-state index contributed by atoms with van der Waals surface area (Å²) in [6, 6.07) is 17.8. The number of hydrogen-bond acceptors (Lipinski definition) is 3. The lowest BCUT2D eigenvalue weighted by molar-refractivity contribution is 0.305. The Balaban J connectivity index is 2.05. The van der Waals surface area contributed by atoms with E-state index in [4.69, 9.17) is 10.6 Å². The highest BCUT2D eigenvalue weighted by Gasteiger charge is 2.05. The van der Waals surface area contributed by atoms with Gasteiger partial charge in [-0.3, -0.25) is 5.84 Å². The molecule has 0 radical (unpaired) electrons. The number of nitrogens with two attached hydrogens (primary N) is 1. The topological polar surface area (TPSA) is 47.3 Å². The standard InChI is InChI=1S/C16H18N2O/c1-2-16(18-17)14-9-6-10-15(11-14)19-12-13-7-4-3-5-8-13/h2-11,16,18H,1,12,17H2. The summed E-state index contributed by atoms with van der Waals surface area (Å²) in [5, 5.41) is 0. The van der Waals surface area contributed by atoms with Gasteiger partial charge in [-0.05, 0) is 23.3 Å². The van der Waals surface area contributed by atoms with Crippen LogP contribution in [-0.4, -0.2) is 0 Å². The van der Waals surface area contributed by atoms with Crippen LogP contribution in [-0.2, 0) is 6.61 Å². The molecule has 2 rings (SSSR count). The van der Waals surface area contributed by atoms with Gasteiger partial charge in [0.1, 0.15) is 12.4 Å². The molecule has 2 aromatic carbocycles. The Morgan fingerprint density at radius 1 is 1.16 bits per heavy atom. The van der Waals surface area contributed by atoms with E-state index in [9.17, 15) is 0 Å². The van der Waals surface area contributed by atoms with Crippen LogP contribution in [0.4, 0.5) is 0 Å². The third-order valence-electron chi connectivity index (χ3n) is 2.88. The Kier molecular flexibility index (Phi) is 4.72. The molecule has 0 amide bonds. The summed E-state index contributed by atoms with van der Waals surface area (Å²) in [6.07, 6.45) is 1.76. The van der Waals surface area contributed by atoms with Gasteiger partial charge in [0.15, 0.2) is 0 Å². The van der Waals surface area contributed by atoms with Gasteiger partial charge < -0.3 is 4.74 Å². The number of hydrazine groups is 1. The number of rotatable bonds is 6. The van der Waals surface area contributed by atoms with Crippen LogP contribution in [0.5, 0.6) is 5.75 Å². The van der Waals surface area contributed by atoms with Crippen LogP contribution >= 0.6 is 0 Å². The quantitative estimate of drug-likeness (QED) is 0.473. The molecule has 0 aliphatic rings. The molecule has 0 aliphatic carbocycles. The molecule has 0 heterocycles. The molecule has 1 unspecified atom stereocenters. The van der Waals surface area contributed by atoms with Crippen molar-refractivity contribution in [2.75, 3.05) is 0 Å². The highest BCUT2D eigenvalue weighted by molar-refractivity contribution is 5.32. The van der Waals surface area contributed by atoms with E-state index in [1.807, 2.05) is 54.6 Å². The number of ether oxygens (including phenoxy) is 1. The van der Waals surface area contributed by atoms with E-state index in [0.717, 1.165) is 16.9 Å². The molecule has 19 heavy (non-hydrogen) atoms. The summed E-state index contributed by atoms with van der Waals surface area (Å²) in [5.41, 5.74) is 4.87. The van der Waals surface area contributed by atoms with Crippen molar-refractivity contribution in [2.24, 2.45) is 5.84 Å². The Bertz CT molecular complexity index is 525. The zero-order valence-corrected chi connectivity index (χ0v) is 10.8. The van der Waals surface area contributed by atoms with Crippen molar-refractivity contribution in [1.82, 2.24) is 5.43 Å². The fourth-order valence-electron chi connectivity index (χ4n) is 1.84. The monoisotopic (exact) mass is 254 g/mol. The van der Waals surface area contributed by atoms with Crippen LogP contribution in [0, 0.1) is 0 Å². The summed E-state index contributed by atoms with van der Waals surface area (Å²) < 4.78 is 5.77. The molecule has 2 aromatic rings. The first-order valence-corrected chi connectivity index (χ1v) is 6.19. The van der Waals surface area contributed by atoms with Crippen LogP contribution in [0.2, 0.25) is 0 Å². The number of hydrogen-bond donors (Lipinski definition) is 2. The van der Waals surface area contributed by atoms with Crippen LogP contribution in [0.15, 0.2) is 67.3 Å². The first-order chi connectivity index (χ1) is 9.33. The summed E-state index contributed by atoms with van der Waals surface area (Å²) in [5.74, 6) is 6.29. The molecule has 0 aliphatic heterocycles. The highest BCUT2D eigenvalue weighted by Crippen LogP contribution is 2.20. The van der Waals surface area contributed by atoms with Gasteiger partial charge in [0.05, 0.1) is 6.04 Å². The Hall–Kier alpha value is -2.10. The van der Waals surface area contributed by atoms with Crippen molar-refractivity contribution >= 4 is 0 Å². The zero-order valence-electron chi connectivity index (χ0n) is 10.8. The Morgan fingerprint density at radius 2 is 1.95 bits per heavy atom. The third kappa shape index (κ3) is 3.68. The fraction of sp³-hybridized carbons (Fsp3) is 0.125. The Morgan fingerprint density at radius 3 is 2.63 bits per heavy atom. The summed E-state index contributed by atoms with van der Waals surface area (Å²) >= 11 is 0. The molecule has 1 atom stereocenters. The second-order valence-corrected chi connectivity index (χ2v) is 4.23. The maximum absolute atomic E-state index is 5.77. The van der Waals surface area contributed by atoms with Gasteiger partial charge in [-0.25, -0.2) is 5.43 Å². The van der Waals surface area contributed by atoms with E-state index in [1.165, 1.54) is 0 Å². The van der Waals surface area contributed by atoms with E-state index >= 15 is 0 Å². The summed E-state index contributed by atoms with van der Waals surface area (Å²) in [7, 11) is 0. The van der Waals surface area contributed by atoms with Gasteiger partial charge in [0, 0.05) is 0 Å². The average molecular weight is 254 g/mol. The zero-order chi connectivity index (χ0) is 13.5. The van der Waals surface area contributed by atoms with Gasteiger partial charge in [0.2, 0.25) is 0 Å². The fourth-order valence-corrected chi connectivity index (χ4v) is 1.84. The molecule has 3 heteroatoms. The first kappa shape index (κ1) is 13.3. The molecule has 0 fully saturated rings. The predicted molar refractivity (Wildman–Crippen MR) is 77.5 cm³/mol. The maximum Gasteiger partial charge on any atom is 0.120 e. The van der Waals surface area contributed by atoms with Gasteiger partial charge in [-0.2, -0.15) is 0 Å². The molecular weight excluding hydrogens is 236 g/mol. The maximum atomic E-state index is 5.77. The lowest BCUT2D eigenvalue weighted by Gasteiger charge is -2.13. The normalized spacial score (nSPS) is 11.8. The van der Waals surface area contributed by atoms with Crippen molar-refractivity contribution in [1.29, 1.82) is 0 Å². The lowest BCUT2D eigenvalue weighted by atomic mass is 10.1. The van der Waals surface area contributed by atoms with Crippen molar-refractivity contribution in [3.63, 3.8) is 0 Å². The number of benzene rings is 2. The lowest BCUT2D eigenvalue weighted by Crippen LogP contribution is -2.26. The largest absolute Gasteiger partial charge is 0.489 e. The minimum absolute atomic E-state index is 0.0692. The molecule has 3 nitrogen and oxygen atoms in total. The number of nitrogens with one attached hydrogen (secondary N) is 1. The van der Waals surface area contributed by atoms with Crippen LogP contribution in [0.25, 0.3) is 0 Å². The van der Waals surface area contributed by atoms with Crippen LogP contribution < -0.4 is 16.0 Å². The Labute approximate surface area is 113 Å². The average Bonchev–Trinajstić information content (AvgIpc) is 2.48. The summed E-state index contributed by atoms with van der Waals surface area (Å²) in [6.45, 7) is 4.30.